The summed E-state index contributed by atoms with van der Waals surface area (Å²) < 4.78 is 15.9. The zero-order chi connectivity index (χ0) is 14.5. The van der Waals surface area contributed by atoms with Crippen LogP contribution < -0.4 is 4.74 Å². The van der Waals surface area contributed by atoms with E-state index in [0.29, 0.717) is 36.5 Å². The molecule has 6 heteroatoms. The maximum Gasteiger partial charge on any atom is 0.341 e. The molecule has 1 N–H and O–H groups in total. The summed E-state index contributed by atoms with van der Waals surface area (Å²) in [4.78, 5) is 22.4. The number of carboxylic acids is 1. The van der Waals surface area contributed by atoms with Gasteiger partial charge in [-0.2, -0.15) is 0 Å². The molecule has 1 aliphatic heterocycles. The summed E-state index contributed by atoms with van der Waals surface area (Å²) in [6.45, 7) is 2.26. The lowest BCUT2D eigenvalue weighted by Gasteiger charge is -2.15. The third-order valence-corrected chi connectivity index (χ3v) is 2.88. The van der Waals surface area contributed by atoms with E-state index in [2.05, 4.69) is 0 Å². The van der Waals surface area contributed by atoms with Crippen molar-refractivity contribution in [1.29, 1.82) is 0 Å². The first-order chi connectivity index (χ1) is 9.61. The number of hydrogen-bond donors (Lipinski definition) is 1. The second kappa shape index (κ2) is 6.49. The van der Waals surface area contributed by atoms with E-state index in [0.717, 1.165) is 0 Å². The molecule has 0 aromatic heterocycles. The third kappa shape index (κ3) is 3.34. The van der Waals surface area contributed by atoms with Gasteiger partial charge in [-0.25, -0.2) is 4.79 Å². The van der Waals surface area contributed by atoms with Gasteiger partial charge in [0.05, 0.1) is 13.2 Å². The molecule has 1 aromatic rings. The fourth-order valence-electron chi connectivity index (χ4n) is 1.95. The predicted molar refractivity (Wildman–Crippen MR) is 68.8 cm³/mol. The Bertz CT molecular complexity index is 504. The van der Waals surface area contributed by atoms with Gasteiger partial charge in [0.15, 0.2) is 18.7 Å². The van der Waals surface area contributed by atoms with E-state index >= 15 is 0 Å². The van der Waals surface area contributed by atoms with Crippen molar-refractivity contribution in [2.24, 2.45) is 0 Å². The number of hydrogen-bond acceptors (Lipinski definition) is 5. The zero-order valence-electron chi connectivity index (χ0n) is 11.1. The minimum atomic E-state index is -1.06. The van der Waals surface area contributed by atoms with E-state index in [4.69, 9.17) is 19.3 Å². The SMILES string of the molecule is CCC(=O)c1ccc(OCC(=O)O)cc1C1OCCO1. The van der Waals surface area contributed by atoms with E-state index in [9.17, 15) is 9.59 Å². The van der Waals surface area contributed by atoms with Crippen LogP contribution in [0.25, 0.3) is 0 Å². The van der Waals surface area contributed by atoms with Crippen LogP contribution in [0, 0.1) is 0 Å². The number of benzene rings is 1. The molecule has 1 saturated heterocycles. The van der Waals surface area contributed by atoms with Crippen molar-refractivity contribution in [1.82, 2.24) is 0 Å². The summed E-state index contributed by atoms with van der Waals surface area (Å²) in [6.07, 6.45) is -0.233. The van der Waals surface area contributed by atoms with Crippen molar-refractivity contribution < 1.29 is 28.9 Å². The van der Waals surface area contributed by atoms with Gasteiger partial charge in [0, 0.05) is 17.5 Å². The van der Waals surface area contributed by atoms with Gasteiger partial charge in [-0.15, -0.1) is 0 Å². The Morgan fingerprint density at radius 1 is 1.35 bits per heavy atom. The number of ketones is 1. The highest BCUT2D eigenvalue weighted by Crippen LogP contribution is 2.30. The molecule has 0 atom stereocenters. The largest absolute Gasteiger partial charge is 0.482 e. The van der Waals surface area contributed by atoms with Gasteiger partial charge >= 0.3 is 5.97 Å². The average molecular weight is 280 g/mol. The van der Waals surface area contributed by atoms with Gasteiger partial charge in [-0.3, -0.25) is 4.79 Å². The minimum absolute atomic E-state index is 0.0242. The molecule has 0 bridgehead atoms. The highest BCUT2D eigenvalue weighted by molar-refractivity contribution is 5.97. The molecule has 108 valence electrons. The van der Waals surface area contributed by atoms with Crippen LogP contribution in [-0.4, -0.2) is 36.7 Å². The monoisotopic (exact) mass is 280 g/mol. The van der Waals surface area contributed by atoms with Gasteiger partial charge in [0.25, 0.3) is 0 Å². The van der Waals surface area contributed by atoms with E-state index in [1.165, 1.54) is 0 Å². The maximum atomic E-state index is 11.9. The van der Waals surface area contributed by atoms with Gasteiger partial charge in [0.2, 0.25) is 0 Å². The minimum Gasteiger partial charge on any atom is -0.482 e. The van der Waals surface area contributed by atoms with Crippen molar-refractivity contribution in [3.8, 4) is 5.75 Å². The lowest BCUT2D eigenvalue weighted by atomic mass is 10.0. The molecular weight excluding hydrogens is 264 g/mol. The second-order valence-corrected chi connectivity index (χ2v) is 4.28. The Morgan fingerprint density at radius 3 is 2.65 bits per heavy atom. The average Bonchev–Trinajstić information content (AvgIpc) is 2.98. The molecule has 0 radical (unpaired) electrons. The van der Waals surface area contributed by atoms with Crippen LogP contribution in [0.2, 0.25) is 0 Å². The molecule has 0 saturated carbocycles. The number of carbonyl (C=O) groups is 2. The summed E-state index contributed by atoms with van der Waals surface area (Å²) in [5.41, 5.74) is 1.10. The van der Waals surface area contributed by atoms with Crippen molar-refractivity contribution in [2.45, 2.75) is 19.6 Å². The van der Waals surface area contributed by atoms with Crippen molar-refractivity contribution in [2.75, 3.05) is 19.8 Å². The van der Waals surface area contributed by atoms with Gasteiger partial charge in [-0.1, -0.05) is 6.92 Å². The lowest BCUT2D eigenvalue weighted by Crippen LogP contribution is -2.12. The zero-order valence-corrected chi connectivity index (χ0v) is 11.1. The summed E-state index contributed by atoms with van der Waals surface area (Å²) in [6, 6.07) is 4.79. The molecule has 1 aliphatic rings. The number of carboxylic acid groups (broad SMARTS) is 1. The van der Waals surface area contributed by atoms with Crippen LogP contribution in [0.5, 0.6) is 5.75 Å². The van der Waals surface area contributed by atoms with Crippen LogP contribution in [0.15, 0.2) is 18.2 Å². The van der Waals surface area contributed by atoms with Gasteiger partial charge < -0.3 is 19.3 Å². The number of carbonyl (C=O) groups excluding carboxylic acids is 1. The second-order valence-electron chi connectivity index (χ2n) is 4.28. The summed E-state index contributed by atoms with van der Waals surface area (Å²) in [7, 11) is 0. The first-order valence-electron chi connectivity index (χ1n) is 6.36. The smallest absolute Gasteiger partial charge is 0.341 e. The van der Waals surface area contributed by atoms with Gasteiger partial charge in [0.1, 0.15) is 5.75 Å². The quantitative estimate of drug-likeness (QED) is 0.800. The molecule has 0 unspecified atom stereocenters. The highest BCUT2D eigenvalue weighted by Gasteiger charge is 2.24. The van der Waals surface area contributed by atoms with Crippen LogP contribution in [-0.2, 0) is 14.3 Å². The predicted octanol–water partition coefficient (Wildman–Crippen LogP) is 1.79. The summed E-state index contributed by atoms with van der Waals surface area (Å²) in [5, 5.41) is 8.61. The van der Waals surface area contributed by atoms with E-state index < -0.39 is 18.9 Å². The van der Waals surface area contributed by atoms with Crippen LogP contribution in [0.4, 0.5) is 0 Å². The summed E-state index contributed by atoms with van der Waals surface area (Å²) >= 11 is 0. The molecule has 1 aromatic carbocycles. The standard InChI is InChI=1S/C14H16O6/c1-2-12(15)10-4-3-9(20-8-13(16)17)7-11(10)14-18-5-6-19-14/h3-4,7,14H,2,5-6,8H2,1H3,(H,16,17). The van der Waals surface area contributed by atoms with Crippen molar-refractivity contribution >= 4 is 11.8 Å². The van der Waals surface area contributed by atoms with E-state index in [1.54, 1.807) is 25.1 Å². The number of Topliss-reactive ketones (excluding diaryl/α,β-unsaturated/α-hetero) is 1. The topological polar surface area (TPSA) is 82.1 Å². The molecule has 2 rings (SSSR count). The van der Waals surface area contributed by atoms with Crippen molar-refractivity contribution in [3.05, 3.63) is 29.3 Å². The Kier molecular flexibility index (Phi) is 4.70. The van der Waals surface area contributed by atoms with Crippen molar-refractivity contribution in [3.63, 3.8) is 0 Å². The Morgan fingerprint density at radius 2 is 2.05 bits per heavy atom. The molecule has 0 aliphatic carbocycles. The van der Waals surface area contributed by atoms with Crippen LogP contribution in [0.3, 0.4) is 0 Å². The fourth-order valence-corrected chi connectivity index (χ4v) is 1.95. The summed E-state index contributed by atoms with van der Waals surface area (Å²) in [5.74, 6) is -0.716. The molecule has 1 heterocycles. The van der Waals surface area contributed by atoms with E-state index in [-0.39, 0.29) is 5.78 Å². The molecule has 20 heavy (non-hydrogen) atoms. The van der Waals surface area contributed by atoms with Gasteiger partial charge in [-0.05, 0) is 18.2 Å². The fraction of sp³-hybridized carbons (Fsp3) is 0.429. The first-order valence-corrected chi connectivity index (χ1v) is 6.36. The molecule has 0 spiro atoms. The number of ether oxygens (including phenoxy) is 3. The highest BCUT2D eigenvalue weighted by atomic mass is 16.7. The van der Waals surface area contributed by atoms with Crippen LogP contribution in [0.1, 0.15) is 35.6 Å². The molecule has 0 amide bonds. The number of rotatable bonds is 6. The lowest BCUT2D eigenvalue weighted by molar-refractivity contribution is -0.139. The maximum absolute atomic E-state index is 11.9. The molecular formula is C14H16O6. The Balaban J connectivity index is 2.28. The number of aliphatic carboxylic acids is 1. The third-order valence-electron chi connectivity index (χ3n) is 2.88. The molecule has 1 fully saturated rings. The van der Waals surface area contributed by atoms with Crippen LogP contribution >= 0.6 is 0 Å². The Hall–Kier alpha value is -1.92. The first kappa shape index (κ1) is 14.5. The molecule has 6 nitrogen and oxygen atoms in total. The van der Waals surface area contributed by atoms with E-state index in [1.807, 2.05) is 0 Å². The Labute approximate surface area is 116 Å². The normalized spacial score (nSPS) is 15.2.